The predicted octanol–water partition coefficient (Wildman–Crippen LogP) is 3.92. The Morgan fingerprint density at radius 1 is 1.30 bits per heavy atom. The van der Waals surface area contributed by atoms with Crippen molar-refractivity contribution in [2.45, 2.75) is 46.5 Å². The van der Waals surface area contributed by atoms with Gasteiger partial charge in [-0.25, -0.2) is 9.97 Å². The summed E-state index contributed by atoms with van der Waals surface area (Å²) in [6.07, 6.45) is 5.64. The molecule has 1 heterocycles. The van der Waals surface area contributed by atoms with E-state index in [-0.39, 0.29) is 11.8 Å². The van der Waals surface area contributed by atoms with Crippen molar-refractivity contribution in [3.63, 3.8) is 0 Å². The van der Waals surface area contributed by atoms with E-state index >= 15 is 0 Å². The Bertz CT molecular complexity index is 476. The zero-order chi connectivity index (χ0) is 14.8. The van der Waals surface area contributed by atoms with Crippen LogP contribution in [0, 0.1) is 17.3 Å². The molecule has 1 saturated carbocycles. The highest BCUT2D eigenvalue weighted by Gasteiger charge is 2.32. The molecule has 0 saturated heterocycles. The molecule has 1 amide bonds. The second-order valence-corrected chi connectivity index (χ2v) is 6.99. The number of nitrogens with zero attached hydrogens (tertiary/aromatic N) is 2. The maximum Gasteiger partial charge on any atom is 0.230 e. The molecule has 0 unspecified atom stereocenters. The van der Waals surface area contributed by atoms with Crippen molar-refractivity contribution in [1.82, 2.24) is 9.97 Å². The van der Waals surface area contributed by atoms with Gasteiger partial charge in [-0.15, -0.1) is 0 Å². The monoisotopic (exact) mass is 295 g/mol. The van der Waals surface area contributed by atoms with E-state index in [9.17, 15) is 4.79 Å². The van der Waals surface area contributed by atoms with E-state index in [2.05, 4.69) is 36.1 Å². The maximum atomic E-state index is 12.2. The molecule has 1 N–H and O–H groups in total. The van der Waals surface area contributed by atoms with Crippen LogP contribution in [0.1, 0.15) is 46.5 Å². The van der Waals surface area contributed by atoms with Gasteiger partial charge in [0.1, 0.15) is 5.15 Å². The van der Waals surface area contributed by atoms with Crippen molar-refractivity contribution in [3.05, 3.63) is 17.4 Å². The molecule has 110 valence electrons. The number of amides is 1. The van der Waals surface area contributed by atoms with E-state index < -0.39 is 0 Å². The molecule has 20 heavy (non-hydrogen) atoms. The molecule has 1 aromatic heterocycles. The highest BCUT2D eigenvalue weighted by molar-refractivity contribution is 6.29. The van der Waals surface area contributed by atoms with E-state index in [1.165, 1.54) is 0 Å². The van der Waals surface area contributed by atoms with Gasteiger partial charge in [-0.2, -0.15) is 0 Å². The Balaban J connectivity index is 1.89. The summed E-state index contributed by atoms with van der Waals surface area (Å²) in [6, 6.07) is 1.59. The summed E-state index contributed by atoms with van der Waals surface area (Å²) in [7, 11) is 0. The Kier molecular flexibility index (Phi) is 4.63. The molecule has 4 nitrogen and oxygen atoms in total. The molecule has 1 aliphatic rings. The SMILES string of the molecule is CC(C)(C)C1CCC(C(=O)Nc2nccc(Cl)n2)CC1. The molecule has 1 aliphatic carbocycles. The van der Waals surface area contributed by atoms with Crippen molar-refractivity contribution in [3.8, 4) is 0 Å². The molecule has 1 aromatic rings. The van der Waals surface area contributed by atoms with Crippen LogP contribution in [-0.2, 0) is 4.79 Å². The minimum atomic E-state index is 0.0135. The van der Waals surface area contributed by atoms with E-state index in [1.807, 2.05) is 0 Å². The Morgan fingerprint density at radius 3 is 2.50 bits per heavy atom. The van der Waals surface area contributed by atoms with Crippen molar-refractivity contribution in [2.24, 2.45) is 17.3 Å². The third-order valence-corrected chi connectivity index (χ3v) is 4.39. The van der Waals surface area contributed by atoms with Gasteiger partial charge >= 0.3 is 0 Å². The molecule has 0 aliphatic heterocycles. The van der Waals surface area contributed by atoms with E-state index in [0.29, 0.717) is 22.4 Å². The number of hydrogen-bond donors (Lipinski definition) is 1. The number of carbonyl (C=O) groups is 1. The smallest absolute Gasteiger partial charge is 0.230 e. The quantitative estimate of drug-likeness (QED) is 0.841. The third kappa shape index (κ3) is 3.92. The van der Waals surface area contributed by atoms with Crippen LogP contribution < -0.4 is 5.32 Å². The lowest BCUT2D eigenvalue weighted by Crippen LogP contribution is -2.31. The number of aromatic nitrogens is 2. The van der Waals surface area contributed by atoms with Crippen LogP contribution in [0.3, 0.4) is 0 Å². The van der Waals surface area contributed by atoms with Crippen LogP contribution >= 0.6 is 11.6 Å². The van der Waals surface area contributed by atoms with Crippen molar-refractivity contribution >= 4 is 23.5 Å². The highest BCUT2D eigenvalue weighted by Crippen LogP contribution is 2.39. The lowest BCUT2D eigenvalue weighted by atomic mass is 9.70. The summed E-state index contributed by atoms with van der Waals surface area (Å²) in [5.74, 6) is 1.07. The van der Waals surface area contributed by atoms with Gasteiger partial charge in [-0.05, 0) is 43.1 Å². The second-order valence-electron chi connectivity index (χ2n) is 6.61. The summed E-state index contributed by atoms with van der Waals surface area (Å²) < 4.78 is 0. The largest absolute Gasteiger partial charge is 0.294 e. The molecule has 0 spiro atoms. The fourth-order valence-electron chi connectivity index (χ4n) is 2.83. The lowest BCUT2D eigenvalue weighted by Gasteiger charge is -2.36. The molecular weight excluding hydrogens is 274 g/mol. The molecule has 0 radical (unpaired) electrons. The zero-order valence-electron chi connectivity index (χ0n) is 12.3. The first-order valence-electron chi connectivity index (χ1n) is 7.15. The second kappa shape index (κ2) is 6.08. The van der Waals surface area contributed by atoms with Gasteiger partial charge in [0, 0.05) is 12.1 Å². The fraction of sp³-hybridized carbons (Fsp3) is 0.667. The van der Waals surface area contributed by atoms with Gasteiger partial charge in [0.2, 0.25) is 11.9 Å². The molecule has 0 aromatic carbocycles. The molecule has 0 atom stereocenters. The maximum absolute atomic E-state index is 12.2. The minimum Gasteiger partial charge on any atom is -0.294 e. The summed E-state index contributed by atoms with van der Waals surface area (Å²) >= 11 is 5.78. The summed E-state index contributed by atoms with van der Waals surface area (Å²) in [5, 5.41) is 3.10. The van der Waals surface area contributed by atoms with Gasteiger partial charge in [-0.3, -0.25) is 10.1 Å². The summed E-state index contributed by atoms with van der Waals surface area (Å²) in [6.45, 7) is 6.83. The van der Waals surface area contributed by atoms with Crippen LogP contribution in [0.4, 0.5) is 5.95 Å². The van der Waals surface area contributed by atoms with Gasteiger partial charge in [0.05, 0.1) is 0 Å². The van der Waals surface area contributed by atoms with Crippen LogP contribution in [0.15, 0.2) is 12.3 Å². The van der Waals surface area contributed by atoms with E-state index in [1.54, 1.807) is 12.3 Å². The molecular formula is C15H22ClN3O. The average molecular weight is 296 g/mol. The average Bonchev–Trinajstić information content (AvgIpc) is 2.38. The summed E-state index contributed by atoms with van der Waals surface area (Å²) in [5.41, 5.74) is 0.331. The molecule has 0 bridgehead atoms. The Labute approximate surface area is 125 Å². The van der Waals surface area contributed by atoms with Crippen molar-refractivity contribution in [1.29, 1.82) is 0 Å². The normalized spacial score (nSPS) is 23.4. The molecule has 5 heteroatoms. The highest BCUT2D eigenvalue weighted by atomic mass is 35.5. The summed E-state index contributed by atoms with van der Waals surface area (Å²) in [4.78, 5) is 20.2. The lowest BCUT2D eigenvalue weighted by molar-refractivity contribution is -0.121. The minimum absolute atomic E-state index is 0.0135. The van der Waals surface area contributed by atoms with E-state index in [4.69, 9.17) is 11.6 Å². The topological polar surface area (TPSA) is 54.9 Å². The van der Waals surface area contributed by atoms with Gasteiger partial charge in [0.15, 0.2) is 0 Å². The van der Waals surface area contributed by atoms with Crippen LogP contribution in [-0.4, -0.2) is 15.9 Å². The Morgan fingerprint density at radius 2 is 1.95 bits per heavy atom. The van der Waals surface area contributed by atoms with Crippen LogP contribution in [0.2, 0.25) is 5.15 Å². The first-order valence-corrected chi connectivity index (χ1v) is 7.53. The van der Waals surface area contributed by atoms with Crippen molar-refractivity contribution < 1.29 is 4.79 Å². The van der Waals surface area contributed by atoms with Crippen LogP contribution in [0.5, 0.6) is 0 Å². The first kappa shape index (κ1) is 15.2. The fourth-order valence-corrected chi connectivity index (χ4v) is 2.97. The zero-order valence-corrected chi connectivity index (χ0v) is 13.1. The van der Waals surface area contributed by atoms with Gasteiger partial charge < -0.3 is 0 Å². The first-order chi connectivity index (χ1) is 9.36. The standard InChI is InChI=1S/C15H22ClN3O/c1-15(2,3)11-6-4-10(5-7-11)13(20)19-14-17-9-8-12(16)18-14/h8-11H,4-7H2,1-3H3,(H,17,18,19,20). The third-order valence-electron chi connectivity index (χ3n) is 4.18. The van der Waals surface area contributed by atoms with E-state index in [0.717, 1.165) is 25.7 Å². The Hall–Kier alpha value is -1.16. The van der Waals surface area contributed by atoms with Gasteiger partial charge in [-0.1, -0.05) is 32.4 Å². The molecule has 2 rings (SSSR count). The van der Waals surface area contributed by atoms with Crippen molar-refractivity contribution in [2.75, 3.05) is 5.32 Å². The van der Waals surface area contributed by atoms with Gasteiger partial charge in [0.25, 0.3) is 0 Å². The number of anilines is 1. The predicted molar refractivity (Wildman–Crippen MR) is 80.6 cm³/mol. The number of rotatable bonds is 2. The van der Waals surface area contributed by atoms with Crippen LogP contribution in [0.25, 0.3) is 0 Å². The molecule has 1 fully saturated rings. The number of halogens is 1. The number of nitrogens with one attached hydrogen (secondary N) is 1. The number of hydrogen-bond acceptors (Lipinski definition) is 3. The number of carbonyl (C=O) groups excluding carboxylic acids is 1.